The first kappa shape index (κ1) is 19.7. The minimum Gasteiger partial charge on any atom is -0.383 e. The summed E-state index contributed by atoms with van der Waals surface area (Å²) in [6, 6.07) is 13.9. The lowest BCUT2D eigenvalue weighted by molar-refractivity contribution is -0.384. The van der Waals surface area contributed by atoms with Crippen molar-refractivity contribution in [1.29, 1.82) is 0 Å². The van der Waals surface area contributed by atoms with Crippen LogP contribution in [0.1, 0.15) is 11.1 Å². The van der Waals surface area contributed by atoms with E-state index in [1.165, 1.54) is 12.1 Å². The Labute approximate surface area is 157 Å². The van der Waals surface area contributed by atoms with Crippen molar-refractivity contribution in [2.45, 2.75) is 13.1 Å². The van der Waals surface area contributed by atoms with Crippen molar-refractivity contribution in [2.75, 3.05) is 20.3 Å². The fourth-order valence-corrected chi connectivity index (χ4v) is 2.25. The van der Waals surface area contributed by atoms with Crippen molar-refractivity contribution < 1.29 is 9.66 Å². The third kappa shape index (κ3) is 6.70. The summed E-state index contributed by atoms with van der Waals surface area (Å²) in [6.07, 6.45) is 0. The number of guanidine groups is 1. The molecule has 8 heteroatoms. The summed E-state index contributed by atoms with van der Waals surface area (Å²) in [5.74, 6) is 0.635. The highest BCUT2D eigenvalue weighted by atomic mass is 35.5. The van der Waals surface area contributed by atoms with E-state index in [1.54, 1.807) is 19.2 Å². The topological polar surface area (TPSA) is 88.8 Å². The molecule has 0 aromatic heterocycles. The quantitative estimate of drug-likeness (QED) is 0.243. The predicted molar refractivity (Wildman–Crippen MR) is 102 cm³/mol. The summed E-state index contributed by atoms with van der Waals surface area (Å²) in [5.41, 5.74) is 2.03. The lowest BCUT2D eigenvalue weighted by atomic mass is 10.2. The average Bonchev–Trinajstić information content (AvgIpc) is 2.65. The zero-order valence-electron chi connectivity index (χ0n) is 14.4. The normalized spacial score (nSPS) is 11.2. The number of rotatable bonds is 8. The van der Waals surface area contributed by atoms with Crippen LogP contribution < -0.4 is 10.6 Å². The monoisotopic (exact) mass is 376 g/mol. The van der Waals surface area contributed by atoms with E-state index in [9.17, 15) is 10.1 Å². The summed E-state index contributed by atoms with van der Waals surface area (Å²) in [7, 11) is 1.64. The first-order chi connectivity index (χ1) is 12.6. The fraction of sp³-hybridized carbons (Fsp3) is 0.278. The van der Waals surface area contributed by atoms with Crippen LogP contribution in [-0.2, 0) is 17.8 Å². The van der Waals surface area contributed by atoms with Gasteiger partial charge in [-0.3, -0.25) is 10.1 Å². The summed E-state index contributed by atoms with van der Waals surface area (Å²) >= 11 is 5.89. The van der Waals surface area contributed by atoms with E-state index in [2.05, 4.69) is 15.6 Å². The highest BCUT2D eigenvalue weighted by molar-refractivity contribution is 6.30. The Bertz CT molecular complexity index is 733. The minimum absolute atomic E-state index is 0.0728. The smallest absolute Gasteiger partial charge is 0.269 e. The van der Waals surface area contributed by atoms with Crippen LogP contribution in [0.15, 0.2) is 53.5 Å². The van der Waals surface area contributed by atoms with E-state index in [0.29, 0.717) is 37.2 Å². The molecule has 0 aliphatic rings. The second-order valence-electron chi connectivity index (χ2n) is 5.49. The third-order valence-corrected chi connectivity index (χ3v) is 3.79. The van der Waals surface area contributed by atoms with Crippen LogP contribution >= 0.6 is 11.6 Å². The number of ether oxygens (including phenoxy) is 1. The zero-order chi connectivity index (χ0) is 18.8. The zero-order valence-corrected chi connectivity index (χ0v) is 15.2. The molecule has 0 heterocycles. The Hall–Kier alpha value is -2.64. The van der Waals surface area contributed by atoms with Gasteiger partial charge >= 0.3 is 0 Å². The predicted octanol–water partition coefficient (Wildman–Crippen LogP) is 3.13. The van der Waals surface area contributed by atoms with Gasteiger partial charge in [0.05, 0.1) is 18.1 Å². The average molecular weight is 377 g/mol. The second kappa shape index (κ2) is 10.4. The Morgan fingerprint density at radius 3 is 2.38 bits per heavy atom. The Morgan fingerprint density at radius 2 is 1.77 bits per heavy atom. The van der Waals surface area contributed by atoms with Gasteiger partial charge in [-0.05, 0) is 23.3 Å². The maximum absolute atomic E-state index is 10.7. The Kier molecular flexibility index (Phi) is 7.85. The molecule has 0 aliphatic carbocycles. The van der Waals surface area contributed by atoms with Crippen LogP contribution in [0.25, 0.3) is 0 Å². The van der Waals surface area contributed by atoms with Crippen LogP contribution in [0, 0.1) is 10.1 Å². The SMILES string of the molecule is COCCNC(=NCc1ccc(Cl)cc1)NCc1ccc([N+](=O)[O-])cc1. The molecule has 0 amide bonds. The molecule has 2 N–H and O–H groups in total. The molecule has 0 unspecified atom stereocenters. The number of hydrogen-bond acceptors (Lipinski definition) is 4. The molecular weight excluding hydrogens is 356 g/mol. The number of nitro groups is 1. The van der Waals surface area contributed by atoms with Gasteiger partial charge in [0, 0.05) is 37.4 Å². The number of hydrogen-bond donors (Lipinski definition) is 2. The van der Waals surface area contributed by atoms with Gasteiger partial charge in [0.15, 0.2) is 5.96 Å². The number of methoxy groups -OCH3 is 1. The van der Waals surface area contributed by atoms with Gasteiger partial charge in [0.25, 0.3) is 5.69 Å². The van der Waals surface area contributed by atoms with Crippen molar-refractivity contribution in [3.63, 3.8) is 0 Å². The van der Waals surface area contributed by atoms with E-state index in [1.807, 2.05) is 24.3 Å². The fourth-order valence-electron chi connectivity index (χ4n) is 2.13. The van der Waals surface area contributed by atoms with E-state index >= 15 is 0 Å². The second-order valence-corrected chi connectivity index (χ2v) is 5.92. The molecule has 0 saturated carbocycles. The summed E-state index contributed by atoms with van der Waals surface area (Å²) in [5, 5.41) is 17.8. The van der Waals surface area contributed by atoms with Crippen LogP contribution in [0.5, 0.6) is 0 Å². The van der Waals surface area contributed by atoms with Crippen molar-refractivity contribution in [1.82, 2.24) is 10.6 Å². The molecule has 2 aromatic carbocycles. The first-order valence-corrected chi connectivity index (χ1v) is 8.45. The molecule has 0 fully saturated rings. The molecule has 0 aliphatic heterocycles. The van der Waals surface area contributed by atoms with Gasteiger partial charge in [-0.2, -0.15) is 0 Å². The standard InChI is InChI=1S/C18H21ClN4O3/c1-26-11-10-20-18(21-12-14-2-6-16(19)7-3-14)22-13-15-4-8-17(9-5-15)23(24)25/h2-9H,10-13H2,1H3,(H2,20,21,22). The first-order valence-electron chi connectivity index (χ1n) is 8.07. The highest BCUT2D eigenvalue weighted by Crippen LogP contribution is 2.12. The molecule has 0 saturated heterocycles. The van der Waals surface area contributed by atoms with E-state index in [4.69, 9.17) is 16.3 Å². The molecule has 138 valence electrons. The summed E-state index contributed by atoms with van der Waals surface area (Å²) in [6.45, 7) is 2.17. The Balaban J connectivity index is 1.97. The molecular formula is C18H21ClN4O3. The van der Waals surface area contributed by atoms with Crippen molar-refractivity contribution in [3.8, 4) is 0 Å². The van der Waals surface area contributed by atoms with Gasteiger partial charge in [-0.25, -0.2) is 4.99 Å². The number of benzene rings is 2. The number of nitro benzene ring substituents is 1. The molecule has 7 nitrogen and oxygen atoms in total. The molecule has 0 spiro atoms. The number of aliphatic imine (C=N–C) groups is 1. The Morgan fingerprint density at radius 1 is 1.12 bits per heavy atom. The number of halogens is 1. The summed E-state index contributed by atoms with van der Waals surface area (Å²) < 4.78 is 5.04. The lowest BCUT2D eigenvalue weighted by Gasteiger charge is -2.12. The number of nitrogens with zero attached hydrogens (tertiary/aromatic N) is 2. The van der Waals surface area contributed by atoms with Crippen LogP contribution in [0.4, 0.5) is 5.69 Å². The van der Waals surface area contributed by atoms with Crippen molar-refractivity contribution in [3.05, 3.63) is 74.8 Å². The van der Waals surface area contributed by atoms with E-state index < -0.39 is 4.92 Å². The van der Waals surface area contributed by atoms with Gasteiger partial charge in [0.2, 0.25) is 0 Å². The van der Waals surface area contributed by atoms with Gasteiger partial charge < -0.3 is 15.4 Å². The van der Waals surface area contributed by atoms with Crippen LogP contribution in [0.3, 0.4) is 0 Å². The molecule has 2 rings (SSSR count). The molecule has 2 aromatic rings. The van der Waals surface area contributed by atoms with E-state index in [-0.39, 0.29) is 5.69 Å². The molecule has 0 atom stereocenters. The molecule has 0 radical (unpaired) electrons. The van der Waals surface area contributed by atoms with Gasteiger partial charge in [-0.15, -0.1) is 0 Å². The molecule has 0 bridgehead atoms. The maximum atomic E-state index is 10.7. The largest absolute Gasteiger partial charge is 0.383 e. The number of non-ortho nitro benzene ring substituents is 1. The third-order valence-electron chi connectivity index (χ3n) is 3.54. The van der Waals surface area contributed by atoms with Crippen molar-refractivity contribution in [2.24, 2.45) is 4.99 Å². The maximum Gasteiger partial charge on any atom is 0.269 e. The lowest BCUT2D eigenvalue weighted by Crippen LogP contribution is -2.38. The van der Waals surface area contributed by atoms with Gasteiger partial charge in [-0.1, -0.05) is 35.9 Å². The highest BCUT2D eigenvalue weighted by Gasteiger charge is 2.05. The van der Waals surface area contributed by atoms with Crippen LogP contribution in [-0.4, -0.2) is 31.1 Å². The van der Waals surface area contributed by atoms with Crippen molar-refractivity contribution >= 4 is 23.2 Å². The van der Waals surface area contributed by atoms with Gasteiger partial charge in [0.1, 0.15) is 0 Å². The molecule has 26 heavy (non-hydrogen) atoms. The van der Waals surface area contributed by atoms with Crippen LogP contribution in [0.2, 0.25) is 5.02 Å². The summed E-state index contributed by atoms with van der Waals surface area (Å²) in [4.78, 5) is 14.8. The minimum atomic E-state index is -0.414. The number of nitrogens with one attached hydrogen (secondary N) is 2. The van der Waals surface area contributed by atoms with E-state index in [0.717, 1.165) is 11.1 Å².